The molecule has 3 aromatic rings. The van der Waals surface area contributed by atoms with Gasteiger partial charge in [-0.3, -0.25) is 14.4 Å². The van der Waals surface area contributed by atoms with Crippen molar-refractivity contribution in [2.24, 2.45) is 0 Å². The number of rotatable bonds is 4. The SMILES string of the molecule is O=C(Nc1cccc(C(F)(F)F)c1)C(=O)Nc1cccn(Cc2ccccc2)c1=O. The molecule has 0 aliphatic heterocycles. The molecule has 1 aromatic heterocycles. The summed E-state index contributed by atoms with van der Waals surface area (Å²) in [5.74, 6) is -2.38. The molecule has 2 N–H and O–H groups in total. The van der Waals surface area contributed by atoms with E-state index < -0.39 is 29.1 Å². The van der Waals surface area contributed by atoms with Crippen LogP contribution in [-0.4, -0.2) is 16.4 Å². The summed E-state index contributed by atoms with van der Waals surface area (Å²) in [4.78, 5) is 36.7. The fourth-order valence-corrected chi connectivity index (χ4v) is 2.68. The first-order valence-electron chi connectivity index (χ1n) is 8.77. The summed E-state index contributed by atoms with van der Waals surface area (Å²) in [5, 5.41) is 4.28. The Hall–Kier alpha value is -3.88. The van der Waals surface area contributed by atoms with Crippen LogP contribution in [0.5, 0.6) is 0 Å². The number of pyridine rings is 1. The second kappa shape index (κ2) is 8.64. The lowest BCUT2D eigenvalue weighted by Gasteiger charge is -2.11. The molecule has 0 unspecified atom stereocenters. The Kier molecular flexibility index (Phi) is 6.01. The maximum absolute atomic E-state index is 12.8. The average Bonchev–Trinajstić information content (AvgIpc) is 2.71. The molecule has 2 aromatic carbocycles. The van der Waals surface area contributed by atoms with Crippen molar-refractivity contribution in [2.75, 3.05) is 10.6 Å². The number of carbonyl (C=O) groups excluding carboxylic acids is 2. The molecule has 3 rings (SSSR count). The third-order valence-electron chi connectivity index (χ3n) is 4.12. The van der Waals surface area contributed by atoms with Gasteiger partial charge in [0.05, 0.1) is 12.1 Å². The molecule has 0 radical (unpaired) electrons. The minimum Gasteiger partial charge on any atom is -0.318 e. The van der Waals surface area contributed by atoms with Crippen LogP contribution in [0.15, 0.2) is 77.7 Å². The zero-order valence-electron chi connectivity index (χ0n) is 15.4. The van der Waals surface area contributed by atoms with Crippen LogP contribution < -0.4 is 16.2 Å². The molecular weight excluding hydrogens is 399 g/mol. The van der Waals surface area contributed by atoms with E-state index in [1.54, 1.807) is 0 Å². The lowest BCUT2D eigenvalue weighted by atomic mass is 10.2. The molecule has 30 heavy (non-hydrogen) atoms. The van der Waals surface area contributed by atoms with Gasteiger partial charge in [0.1, 0.15) is 5.69 Å². The van der Waals surface area contributed by atoms with Crippen LogP contribution in [0, 0.1) is 0 Å². The fourth-order valence-electron chi connectivity index (χ4n) is 2.68. The molecule has 0 bridgehead atoms. The number of carbonyl (C=O) groups is 2. The Bertz CT molecular complexity index is 1130. The van der Waals surface area contributed by atoms with E-state index in [0.717, 1.165) is 17.7 Å². The molecule has 0 fully saturated rings. The first kappa shape index (κ1) is 20.8. The quantitative estimate of drug-likeness (QED) is 0.641. The van der Waals surface area contributed by atoms with Crippen molar-refractivity contribution in [1.82, 2.24) is 4.57 Å². The van der Waals surface area contributed by atoms with Gasteiger partial charge >= 0.3 is 18.0 Å². The van der Waals surface area contributed by atoms with Crippen molar-refractivity contribution in [2.45, 2.75) is 12.7 Å². The van der Waals surface area contributed by atoms with Crippen LogP contribution in [0.4, 0.5) is 24.5 Å². The fraction of sp³-hybridized carbons (Fsp3) is 0.0952. The molecule has 0 aliphatic carbocycles. The molecule has 0 saturated carbocycles. The van der Waals surface area contributed by atoms with E-state index in [-0.39, 0.29) is 17.9 Å². The van der Waals surface area contributed by atoms with Gasteiger partial charge in [0.2, 0.25) is 0 Å². The molecule has 0 atom stereocenters. The maximum Gasteiger partial charge on any atom is 0.416 e. The number of alkyl halides is 3. The number of nitrogens with one attached hydrogen (secondary N) is 2. The van der Waals surface area contributed by atoms with Crippen molar-refractivity contribution in [3.05, 3.63) is 94.4 Å². The summed E-state index contributed by atoms with van der Waals surface area (Å²) in [5.41, 5.74) is -0.948. The van der Waals surface area contributed by atoms with Crippen LogP contribution >= 0.6 is 0 Å². The van der Waals surface area contributed by atoms with E-state index in [2.05, 4.69) is 10.6 Å². The molecule has 6 nitrogen and oxygen atoms in total. The minimum absolute atomic E-state index is 0.127. The normalized spacial score (nSPS) is 11.0. The number of hydrogen-bond donors (Lipinski definition) is 2. The largest absolute Gasteiger partial charge is 0.416 e. The van der Waals surface area contributed by atoms with Gasteiger partial charge in [0.25, 0.3) is 5.56 Å². The lowest BCUT2D eigenvalue weighted by Crippen LogP contribution is -2.32. The van der Waals surface area contributed by atoms with Gasteiger partial charge in [0.15, 0.2) is 0 Å². The van der Waals surface area contributed by atoms with Crippen LogP contribution in [0.1, 0.15) is 11.1 Å². The van der Waals surface area contributed by atoms with Crippen molar-refractivity contribution in [3.63, 3.8) is 0 Å². The molecule has 0 spiro atoms. The average molecular weight is 415 g/mol. The number of benzene rings is 2. The summed E-state index contributed by atoms with van der Waals surface area (Å²) in [7, 11) is 0. The molecule has 9 heteroatoms. The van der Waals surface area contributed by atoms with E-state index in [4.69, 9.17) is 0 Å². The summed E-state index contributed by atoms with van der Waals surface area (Å²) < 4.78 is 39.6. The second-order valence-corrected chi connectivity index (χ2v) is 6.33. The molecule has 2 amide bonds. The van der Waals surface area contributed by atoms with Gasteiger partial charge in [-0.1, -0.05) is 36.4 Å². The molecular formula is C21H16F3N3O3. The van der Waals surface area contributed by atoms with E-state index >= 15 is 0 Å². The van der Waals surface area contributed by atoms with E-state index in [1.165, 1.54) is 29.0 Å². The topological polar surface area (TPSA) is 80.2 Å². The maximum atomic E-state index is 12.8. The summed E-state index contributed by atoms with van der Waals surface area (Å²) in [6.45, 7) is 0.264. The van der Waals surface area contributed by atoms with E-state index in [1.807, 2.05) is 30.3 Å². The lowest BCUT2D eigenvalue weighted by molar-refractivity contribution is -0.137. The van der Waals surface area contributed by atoms with Crippen molar-refractivity contribution < 1.29 is 22.8 Å². The third kappa shape index (κ3) is 5.13. The zero-order valence-corrected chi connectivity index (χ0v) is 15.4. The van der Waals surface area contributed by atoms with Crippen LogP contribution in [0.2, 0.25) is 0 Å². The Labute approximate surface area is 169 Å². The van der Waals surface area contributed by atoms with Gasteiger partial charge in [-0.05, 0) is 35.9 Å². The Morgan fingerprint density at radius 2 is 1.57 bits per heavy atom. The second-order valence-electron chi connectivity index (χ2n) is 6.33. The molecule has 1 heterocycles. The minimum atomic E-state index is -4.59. The van der Waals surface area contributed by atoms with E-state index in [0.29, 0.717) is 6.07 Å². The first-order chi connectivity index (χ1) is 14.2. The summed E-state index contributed by atoms with van der Waals surface area (Å²) in [6.07, 6.45) is -3.05. The number of hydrogen-bond acceptors (Lipinski definition) is 3. The summed E-state index contributed by atoms with van der Waals surface area (Å²) in [6, 6.07) is 15.9. The molecule has 0 saturated heterocycles. The number of nitrogens with zero attached hydrogens (tertiary/aromatic N) is 1. The van der Waals surface area contributed by atoms with Crippen molar-refractivity contribution in [3.8, 4) is 0 Å². The first-order valence-corrected chi connectivity index (χ1v) is 8.77. The van der Waals surface area contributed by atoms with Gasteiger partial charge < -0.3 is 15.2 Å². The number of anilines is 2. The van der Waals surface area contributed by atoms with Crippen molar-refractivity contribution >= 4 is 23.2 Å². The van der Waals surface area contributed by atoms with Crippen LogP contribution in [-0.2, 0) is 22.3 Å². The van der Waals surface area contributed by atoms with Gasteiger partial charge in [-0.15, -0.1) is 0 Å². The van der Waals surface area contributed by atoms with E-state index in [9.17, 15) is 27.6 Å². The third-order valence-corrected chi connectivity index (χ3v) is 4.12. The predicted molar refractivity (Wildman–Crippen MR) is 105 cm³/mol. The van der Waals surface area contributed by atoms with Gasteiger partial charge in [-0.25, -0.2) is 0 Å². The highest BCUT2D eigenvalue weighted by molar-refractivity contribution is 6.43. The predicted octanol–water partition coefficient (Wildman–Crippen LogP) is 3.49. The monoisotopic (exact) mass is 415 g/mol. The highest BCUT2D eigenvalue weighted by Crippen LogP contribution is 2.30. The van der Waals surface area contributed by atoms with Gasteiger partial charge in [0, 0.05) is 11.9 Å². The number of amides is 2. The Morgan fingerprint density at radius 1 is 0.867 bits per heavy atom. The zero-order chi connectivity index (χ0) is 21.7. The smallest absolute Gasteiger partial charge is 0.318 e. The molecule has 0 aliphatic rings. The summed E-state index contributed by atoms with van der Waals surface area (Å²) >= 11 is 0. The Morgan fingerprint density at radius 3 is 2.27 bits per heavy atom. The number of halogens is 3. The van der Waals surface area contributed by atoms with Crippen molar-refractivity contribution in [1.29, 1.82) is 0 Å². The highest BCUT2D eigenvalue weighted by Gasteiger charge is 2.30. The standard InChI is InChI=1S/C21H16F3N3O3/c22-21(23,24)15-8-4-9-16(12-15)25-18(28)19(29)26-17-10-5-11-27(20(17)30)13-14-6-2-1-3-7-14/h1-12H,13H2,(H,25,28)(H,26,29). The number of aromatic nitrogens is 1. The van der Waals surface area contributed by atoms with Crippen LogP contribution in [0.3, 0.4) is 0 Å². The van der Waals surface area contributed by atoms with Crippen LogP contribution in [0.25, 0.3) is 0 Å². The highest BCUT2D eigenvalue weighted by atomic mass is 19.4. The van der Waals surface area contributed by atoms with Gasteiger partial charge in [-0.2, -0.15) is 13.2 Å². The molecule has 154 valence electrons. The Balaban J connectivity index is 1.71.